The van der Waals surface area contributed by atoms with Gasteiger partial charge in [-0.05, 0) is 67.9 Å². The van der Waals surface area contributed by atoms with E-state index < -0.39 is 0 Å². The van der Waals surface area contributed by atoms with E-state index in [9.17, 15) is 9.59 Å². The number of amides is 2. The molecule has 8 nitrogen and oxygen atoms in total. The van der Waals surface area contributed by atoms with E-state index >= 15 is 0 Å². The van der Waals surface area contributed by atoms with Gasteiger partial charge in [-0.1, -0.05) is 18.9 Å². The number of anilines is 2. The fraction of sp³-hybridized carbons (Fsp3) is 0.571. The van der Waals surface area contributed by atoms with Crippen molar-refractivity contribution in [3.63, 3.8) is 0 Å². The van der Waals surface area contributed by atoms with Gasteiger partial charge in [0.1, 0.15) is 5.82 Å². The predicted octanol–water partition coefficient (Wildman–Crippen LogP) is 3.58. The number of carbonyl (C=O) groups is 2. The molecule has 2 aliphatic carbocycles. The predicted molar refractivity (Wildman–Crippen MR) is 141 cm³/mol. The van der Waals surface area contributed by atoms with E-state index in [0.717, 1.165) is 75.8 Å². The highest BCUT2D eigenvalue weighted by molar-refractivity contribution is 5.94. The van der Waals surface area contributed by atoms with Crippen molar-refractivity contribution in [3.8, 4) is 0 Å². The van der Waals surface area contributed by atoms with Gasteiger partial charge >= 0.3 is 0 Å². The Balaban J connectivity index is 1.18. The maximum absolute atomic E-state index is 13.4. The Morgan fingerprint density at radius 3 is 2.47 bits per heavy atom. The number of hydrogen-bond donors (Lipinski definition) is 1. The van der Waals surface area contributed by atoms with Crippen LogP contribution in [-0.4, -0.2) is 67.0 Å². The van der Waals surface area contributed by atoms with Gasteiger partial charge in [0.15, 0.2) is 0 Å². The molecular formula is C28H38N6O2. The number of nitrogens with one attached hydrogen (secondary N) is 1. The highest BCUT2D eigenvalue weighted by Crippen LogP contribution is 2.34. The number of piperidine rings is 1. The van der Waals surface area contributed by atoms with Gasteiger partial charge in [-0.15, -0.1) is 0 Å². The summed E-state index contributed by atoms with van der Waals surface area (Å²) in [4.78, 5) is 41.1. The summed E-state index contributed by atoms with van der Waals surface area (Å²) in [5.74, 6) is 2.11. The molecule has 5 rings (SSSR count). The van der Waals surface area contributed by atoms with Crippen LogP contribution < -0.4 is 15.1 Å². The molecule has 1 saturated carbocycles. The van der Waals surface area contributed by atoms with Gasteiger partial charge in [0.2, 0.25) is 11.9 Å². The van der Waals surface area contributed by atoms with Crippen molar-refractivity contribution >= 4 is 23.6 Å². The van der Waals surface area contributed by atoms with E-state index in [0.29, 0.717) is 5.95 Å². The van der Waals surface area contributed by atoms with Crippen LogP contribution in [0.5, 0.6) is 0 Å². The average molecular weight is 491 g/mol. The first-order valence-corrected chi connectivity index (χ1v) is 13.4. The molecule has 0 spiro atoms. The van der Waals surface area contributed by atoms with Crippen molar-refractivity contribution in [2.45, 2.75) is 63.5 Å². The standard InChI is InChI=1S/C28H38N6O2/c1-32(2)28-29-15-12-25(31-28)34-16-13-22(14-17-34)33(3)27(36)21-8-10-23-20(18-21)9-11-24(23)30-26(35)19-6-4-5-7-19/h8,10,12,15,18-19,22,24H,4-7,9,11,13-14,16-17H2,1-3H3,(H,30,35). The van der Waals surface area contributed by atoms with Crippen LogP contribution in [0.3, 0.4) is 0 Å². The first-order chi connectivity index (χ1) is 17.4. The average Bonchev–Trinajstić information content (AvgIpc) is 3.58. The third-order valence-corrected chi connectivity index (χ3v) is 8.19. The second-order valence-electron chi connectivity index (χ2n) is 10.7. The number of nitrogens with zero attached hydrogens (tertiary/aromatic N) is 5. The normalized spacial score (nSPS) is 20.3. The third-order valence-electron chi connectivity index (χ3n) is 8.19. The fourth-order valence-corrected chi connectivity index (χ4v) is 5.96. The number of fused-ring (bicyclic) bond motifs is 1. The van der Waals surface area contributed by atoms with Crippen molar-refractivity contribution in [1.29, 1.82) is 0 Å². The summed E-state index contributed by atoms with van der Waals surface area (Å²) in [6, 6.07) is 8.29. The Labute approximate surface area is 214 Å². The van der Waals surface area contributed by atoms with Gasteiger partial charge in [-0.25, -0.2) is 4.98 Å². The number of rotatable bonds is 6. The lowest BCUT2D eigenvalue weighted by atomic mass is 10.0. The maximum Gasteiger partial charge on any atom is 0.253 e. The summed E-state index contributed by atoms with van der Waals surface area (Å²) in [7, 11) is 5.81. The van der Waals surface area contributed by atoms with E-state index in [2.05, 4.69) is 32.3 Å². The summed E-state index contributed by atoms with van der Waals surface area (Å²) < 4.78 is 0. The Kier molecular flexibility index (Phi) is 7.12. The van der Waals surface area contributed by atoms with Crippen LogP contribution in [-0.2, 0) is 11.2 Å². The van der Waals surface area contributed by atoms with Gasteiger partial charge < -0.3 is 20.0 Å². The van der Waals surface area contributed by atoms with Crippen LogP contribution in [0, 0.1) is 5.92 Å². The van der Waals surface area contributed by atoms with E-state index in [-0.39, 0.29) is 29.8 Å². The van der Waals surface area contributed by atoms with Crippen LogP contribution in [0.15, 0.2) is 30.5 Å². The Morgan fingerprint density at radius 2 is 1.75 bits per heavy atom. The molecule has 2 heterocycles. The quantitative estimate of drug-likeness (QED) is 0.667. The summed E-state index contributed by atoms with van der Waals surface area (Å²) in [6.07, 6.45) is 9.79. The molecule has 1 aromatic heterocycles. The van der Waals surface area contributed by atoms with Gasteiger partial charge in [-0.3, -0.25) is 9.59 Å². The van der Waals surface area contributed by atoms with Crippen molar-refractivity contribution in [2.75, 3.05) is 44.0 Å². The minimum Gasteiger partial charge on any atom is -0.356 e. The van der Waals surface area contributed by atoms with Crippen LogP contribution in [0.2, 0.25) is 0 Å². The monoisotopic (exact) mass is 490 g/mol. The molecular weight excluding hydrogens is 452 g/mol. The van der Waals surface area contributed by atoms with Gasteiger partial charge in [0.25, 0.3) is 5.91 Å². The first-order valence-electron chi connectivity index (χ1n) is 13.4. The van der Waals surface area contributed by atoms with E-state index in [1.807, 2.05) is 43.1 Å². The van der Waals surface area contributed by atoms with Crippen molar-refractivity contribution in [1.82, 2.24) is 20.2 Å². The second-order valence-corrected chi connectivity index (χ2v) is 10.7. The van der Waals surface area contributed by atoms with E-state index in [1.54, 1.807) is 6.20 Å². The lowest BCUT2D eigenvalue weighted by Gasteiger charge is -2.37. The molecule has 1 atom stereocenters. The van der Waals surface area contributed by atoms with Crippen molar-refractivity contribution in [3.05, 3.63) is 47.2 Å². The van der Waals surface area contributed by atoms with E-state index in [4.69, 9.17) is 0 Å². The van der Waals surface area contributed by atoms with Gasteiger partial charge in [0, 0.05) is 58.0 Å². The Hall–Kier alpha value is -3.16. The molecule has 36 heavy (non-hydrogen) atoms. The first kappa shape index (κ1) is 24.5. The molecule has 1 N–H and O–H groups in total. The van der Waals surface area contributed by atoms with Gasteiger partial charge in [-0.2, -0.15) is 4.98 Å². The zero-order chi connectivity index (χ0) is 25.2. The minimum atomic E-state index is 0.0756. The highest BCUT2D eigenvalue weighted by Gasteiger charge is 2.31. The molecule has 1 aromatic carbocycles. The molecule has 1 unspecified atom stereocenters. The maximum atomic E-state index is 13.4. The topological polar surface area (TPSA) is 81.7 Å². The lowest BCUT2D eigenvalue weighted by molar-refractivity contribution is -0.125. The molecule has 3 aliphatic rings. The summed E-state index contributed by atoms with van der Waals surface area (Å²) >= 11 is 0. The van der Waals surface area contributed by atoms with Crippen LogP contribution >= 0.6 is 0 Å². The molecule has 2 amide bonds. The molecule has 0 radical (unpaired) electrons. The van der Waals surface area contributed by atoms with Gasteiger partial charge in [0.05, 0.1) is 6.04 Å². The van der Waals surface area contributed by atoms with Crippen LogP contribution in [0.4, 0.5) is 11.8 Å². The largest absolute Gasteiger partial charge is 0.356 e. The molecule has 1 saturated heterocycles. The molecule has 2 fully saturated rings. The van der Waals surface area contributed by atoms with Crippen LogP contribution in [0.25, 0.3) is 0 Å². The second kappa shape index (κ2) is 10.4. The third kappa shape index (κ3) is 5.04. The van der Waals surface area contributed by atoms with Crippen molar-refractivity contribution in [2.24, 2.45) is 5.92 Å². The fourth-order valence-electron chi connectivity index (χ4n) is 5.96. The number of aryl methyl sites for hydroxylation is 1. The number of hydrogen-bond acceptors (Lipinski definition) is 6. The lowest BCUT2D eigenvalue weighted by Crippen LogP contribution is -2.46. The van der Waals surface area contributed by atoms with Crippen LogP contribution in [0.1, 0.15) is 72.5 Å². The minimum absolute atomic E-state index is 0.0756. The van der Waals surface area contributed by atoms with E-state index in [1.165, 1.54) is 11.1 Å². The summed E-state index contributed by atoms with van der Waals surface area (Å²) in [5, 5.41) is 3.28. The zero-order valence-corrected chi connectivity index (χ0v) is 21.7. The zero-order valence-electron chi connectivity index (χ0n) is 21.7. The Morgan fingerprint density at radius 1 is 1.00 bits per heavy atom. The van der Waals surface area contributed by atoms with Crippen molar-refractivity contribution < 1.29 is 9.59 Å². The molecule has 1 aliphatic heterocycles. The number of aromatic nitrogens is 2. The number of benzene rings is 1. The highest BCUT2D eigenvalue weighted by atomic mass is 16.2. The molecule has 192 valence electrons. The smallest absolute Gasteiger partial charge is 0.253 e. The molecule has 8 heteroatoms. The summed E-state index contributed by atoms with van der Waals surface area (Å²) in [6.45, 7) is 1.72. The summed E-state index contributed by atoms with van der Waals surface area (Å²) in [5.41, 5.74) is 3.12. The number of carbonyl (C=O) groups excluding carboxylic acids is 2. The molecule has 0 bridgehead atoms. The molecule has 2 aromatic rings. The SMILES string of the molecule is CN(C)c1nccc(N2CCC(N(C)C(=O)c3ccc4c(c3)CCC4NC(=O)C3CCCC3)CC2)n1. The Bertz CT molecular complexity index is 1100.